The number of fused-ring (bicyclic) bond motifs is 1. The zero-order valence-electron chi connectivity index (χ0n) is 11.4. The molecule has 0 aromatic heterocycles. The first-order valence-electron chi connectivity index (χ1n) is 6.55. The van der Waals surface area contributed by atoms with Crippen LogP contribution in [0.15, 0.2) is 18.2 Å². The molecular weight excluding hydrogens is 244 g/mol. The summed E-state index contributed by atoms with van der Waals surface area (Å²) in [5, 5.41) is 5.79. The lowest BCUT2D eigenvalue weighted by Crippen LogP contribution is -2.40. The Kier molecular flexibility index (Phi) is 4.63. The number of ether oxygens (including phenoxy) is 2. The van der Waals surface area contributed by atoms with E-state index in [1.807, 2.05) is 25.1 Å². The molecule has 1 aromatic carbocycles. The molecular formula is C14H20N2O3. The van der Waals surface area contributed by atoms with E-state index in [2.05, 4.69) is 10.6 Å². The molecule has 2 rings (SSSR count). The third-order valence-electron chi connectivity index (χ3n) is 3.09. The molecule has 1 aliphatic heterocycles. The molecule has 5 nitrogen and oxygen atoms in total. The van der Waals surface area contributed by atoms with E-state index in [0.717, 1.165) is 23.5 Å². The number of para-hydroxylation sites is 1. The molecule has 0 saturated heterocycles. The Morgan fingerprint density at radius 2 is 2.16 bits per heavy atom. The highest BCUT2D eigenvalue weighted by Gasteiger charge is 2.16. The monoisotopic (exact) mass is 264 g/mol. The van der Waals surface area contributed by atoms with E-state index in [1.165, 1.54) is 0 Å². The van der Waals surface area contributed by atoms with Gasteiger partial charge in [0.05, 0.1) is 19.3 Å². The highest BCUT2D eigenvalue weighted by Crippen LogP contribution is 2.33. The van der Waals surface area contributed by atoms with Crippen molar-refractivity contribution in [3.8, 4) is 11.5 Å². The second kappa shape index (κ2) is 6.43. The average Bonchev–Trinajstić information content (AvgIpc) is 2.69. The fourth-order valence-electron chi connectivity index (χ4n) is 1.97. The molecule has 0 radical (unpaired) electrons. The molecule has 1 atom stereocenters. The van der Waals surface area contributed by atoms with Gasteiger partial charge in [0, 0.05) is 25.6 Å². The first-order chi connectivity index (χ1) is 9.22. The molecule has 0 bridgehead atoms. The van der Waals surface area contributed by atoms with Crippen molar-refractivity contribution in [1.82, 2.24) is 10.6 Å². The summed E-state index contributed by atoms with van der Waals surface area (Å²) < 4.78 is 11.4. The molecule has 0 fully saturated rings. The summed E-state index contributed by atoms with van der Waals surface area (Å²) in [5.41, 5.74) is 1.01. The third kappa shape index (κ3) is 3.38. The van der Waals surface area contributed by atoms with Crippen LogP contribution < -0.4 is 20.1 Å². The normalized spacial score (nSPS) is 15.5. The van der Waals surface area contributed by atoms with Gasteiger partial charge < -0.3 is 20.1 Å². The molecule has 1 unspecified atom stereocenters. The van der Waals surface area contributed by atoms with Gasteiger partial charge in [0.25, 0.3) is 0 Å². The molecule has 2 N–H and O–H groups in total. The van der Waals surface area contributed by atoms with Crippen LogP contribution in [0.3, 0.4) is 0 Å². The summed E-state index contributed by atoms with van der Waals surface area (Å²) in [6.07, 6.45) is 0.885. The number of carbonyl (C=O) groups is 1. The van der Waals surface area contributed by atoms with Crippen molar-refractivity contribution in [2.75, 3.05) is 20.3 Å². The van der Waals surface area contributed by atoms with Crippen molar-refractivity contribution in [3.05, 3.63) is 23.8 Å². The Bertz CT molecular complexity index is 448. The van der Waals surface area contributed by atoms with Gasteiger partial charge in [0.2, 0.25) is 5.91 Å². The molecule has 104 valence electrons. The van der Waals surface area contributed by atoms with E-state index in [-0.39, 0.29) is 11.9 Å². The maximum absolute atomic E-state index is 11.4. The van der Waals surface area contributed by atoms with Gasteiger partial charge in [-0.15, -0.1) is 0 Å². The van der Waals surface area contributed by atoms with E-state index in [0.29, 0.717) is 19.8 Å². The number of rotatable bonds is 4. The predicted octanol–water partition coefficient (Wildman–Crippen LogP) is 1.07. The smallest absolute Gasteiger partial charge is 0.236 e. The van der Waals surface area contributed by atoms with Crippen molar-refractivity contribution in [1.29, 1.82) is 0 Å². The minimum absolute atomic E-state index is 0.0285. The fraction of sp³-hybridized carbons (Fsp3) is 0.500. The Morgan fingerprint density at radius 3 is 2.95 bits per heavy atom. The van der Waals surface area contributed by atoms with Crippen LogP contribution >= 0.6 is 0 Å². The number of nitrogens with one attached hydrogen (secondary N) is 2. The summed E-state index contributed by atoms with van der Waals surface area (Å²) in [5.74, 6) is 1.54. The van der Waals surface area contributed by atoms with E-state index < -0.39 is 0 Å². The van der Waals surface area contributed by atoms with E-state index in [4.69, 9.17) is 9.47 Å². The summed E-state index contributed by atoms with van der Waals surface area (Å²) in [4.78, 5) is 11.4. The van der Waals surface area contributed by atoms with E-state index in [9.17, 15) is 4.79 Å². The van der Waals surface area contributed by atoms with Crippen molar-refractivity contribution >= 4 is 5.91 Å². The van der Waals surface area contributed by atoms with Gasteiger partial charge in [-0.3, -0.25) is 4.79 Å². The summed E-state index contributed by atoms with van der Waals surface area (Å²) in [6.45, 7) is 3.74. The molecule has 1 heterocycles. The largest absolute Gasteiger partial charge is 0.490 e. The van der Waals surface area contributed by atoms with Gasteiger partial charge >= 0.3 is 0 Å². The Morgan fingerprint density at radius 1 is 1.37 bits per heavy atom. The number of carbonyl (C=O) groups excluding carboxylic acids is 1. The zero-order chi connectivity index (χ0) is 13.7. The van der Waals surface area contributed by atoms with Gasteiger partial charge in [-0.25, -0.2) is 0 Å². The average molecular weight is 264 g/mol. The summed E-state index contributed by atoms with van der Waals surface area (Å²) in [6, 6.07) is 5.59. The molecule has 1 aliphatic rings. The lowest BCUT2D eigenvalue weighted by atomic mass is 10.1. The van der Waals surface area contributed by atoms with Crippen LogP contribution in [0.25, 0.3) is 0 Å². The number of hydrogen-bond donors (Lipinski definition) is 2. The Labute approximate surface area is 113 Å². The molecule has 1 aromatic rings. The van der Waals surface area contributed by atoms with Crippen LogP contribution in [0.5, 0.6) is 11.5 Å². The van der Waals surface area contributed by atoms with Crippen molar-refractivity contribution in [2.24, 2.45) is 0 Å². The minimum Gasteiger partial charge on any atom is -0.490 e. The maximum Gasteiger partial charge on any atom is 0.236 e. The van der Waals surface area contributed by atoms with E-state index in [1.54, 1.807) is 7.05 Å². The quantitative estimate of drug-likeness (QED) is 0.854. The van der Waals surface area contributed by atoms with Crippen molar-refractivity contribution < 1.29 is 14.3 Å². The van der Waals surface area contributed by atoms with Crippen LogP contribution in [-0.4, -0.2) is 32.2 Å². The van der Waals surface area contributed by atoms with Gasteiger partial charge in [-0.05, 0) is 13.0 Å². The molecule has 19 heavy (non-hydrogen) atoms. The van der Waals surface area contributed by atoms with Crippen molar-refractivity contribution in [2.45, 2.75) is 25.9 Å². The molecule has 0 spiro atoms. The van der Waals surface area contributed by atoms with Crippen LogP contribution in [0.1, 0.15) is 18.9 Å². The molecule has 1 amide bonds. The summed E-state index contributed by atoms with van der Waals surface area (Å²) in [7, 11) is 1.63. The van der Waals surface area contributed by atoms with Gasteiger partial charge in [-0.2, -0.15) is 0 Å². The Balaban J connectivity index is 2.06. The number of likely N-dealkylation sites (N-methyl/N-ethyl adjacent to an activating group) is 1. The number of benzene rings is 1. The maximum atomic E-state index is 11.4. The first kappa shape index (κ1) is 13.7. The zero-order valence-corrected chi connectivity index (χ0v) is 11.4. The molecule has 0 aliphatic carbocycles. The lowest BCUT2D eigenvalue weighted by molar-refractivity contribution is -0.122. The second-order valence-corrected chi connectivity index (χ2v) is 4.51. The summed E-state index contributed by atoms with van der Waals surface area (Å²) >= 11 is 0. The first-order valence-corrected chi connectivity index (χ1v) is 6.55. The minimum atomic E-state index is -0.243. The molecule has 5 heteroatoms. The topological polar surface area (TPSA) is 59.6 Å². The van der Waals surface area contributed by atoms with Crippen LogP contribution in [0.4, 0.5) is 0 Å². The van der Waals surface area contributed by atoms with Gasteiger partial charge in [0.1, 0.15) is 0 Å². The highest BCUT2D eigenvalue weighted by atomic mass is 16.5. The predicted molar refractivity (Wildman–Crippen MR) is 72.4 cm³/mol. The third-order valence-corrected chi connectivity index (χ3v) is 3.09. The Hall–Kier alpha value is -1.75. The highest BCUT2D eigenvalue weighted by molar-refractivity contribution is 5.80. The lowest BCUT2D eigenvalue weighted by Gasteiger charge is -2.15. The SMILES string of the molecule is CNC(=O)C(C)NCc1cccc2c1OCCCO2. The van der Waals surface area contributed by atoms with Crippen LogP contribution in [-0.2, 0) is 11.3 Å². The molecule has 0 saturated carbocycles. The standard InChI is InChI=1S/C14H20N2O3/c1-10(14(17)15-2)16-9-11-5-3-6-12-13(11)19-8-4-7-18-12/h3,5-6,10,16H,4,7-9H2,1-2H3,(H,15,17). The van der Waals surface area contributed by atoms with Crippen LogP contribution in [0, 0.1) is 0 Å². The second-order valence-electron chi connectivity index (χ2n) is 4.51. The number of amides is 1. The fourth-order valence-corrected chi connectivity index (χ4v) is 1.97. The van der Waals surface area contributed by atoms with Crippen LogP contribution in [0.2, 0.25) is 0 Å². The van der Waals surface area contributed by atoms with Gasteiger partial charge in [-0.1, -0.05) is 12.1 Å². The van der Waals surface area contributed by atoms with Crippen molar-refractivity contribution in [3.63, 3.8) is 0 Å². The van der Waals surface area contributed by atoms with Gasteiger partial charge in [0.15, 0.2) is 11.5 Å². The number of hydrogen-bond acceptors (Lipinski definition) is 4. The van der Waals surface area contributed by atoms with E-state index >= 15 is 0 Å².